The van der Waals surface area contributed by atoms with Gasteiger partial charge in [-0.2, -0.15) is 0 Å². The van der Waals surface area contributed by atoms with Crippen LogP contribution in [0.4, 0.5) is 0 Å². The van der Waals surface area contributed by atoms with Crippen molar-refractivity contribution >= 4 is 17.9 Å². The van der Waals surface area contributed by atoms with Crippen molar-refractivity contribution in [3.05, 3.63) is 23.5 Å². The highest BCUT2D eigenvalue weighted by atomic mass is 16.6. The summed E-state index contributed by atoms with van der Waals surface area (Å²) in [4.78, 5) is 38.2. The number of rotatable bonds is 7. The largest absolute Gasteiger partial charge is 0.459 e. The molecule has 8 heteroatoms. The molecular weight excluding hydrogens is 340 g/mol. The second-order valence-electron chi connectivity index (χ2n) is 6.78. The molecule has 1 unspecified atom stereocenters. The van der Waals surface area contributed by atoms with Crippen molar-refractivity contribution in [3.63, 3.8) is 0 Å². The van der Waals surface area contributed by atoms with Crippen LogP contribution < -0.4 is 10.1 Å². The van der Waals surface area contributed by atoms with E-state index < -0.39 is 24.0 Å². The molecule has 0 saturated carbocycles. The van der Waals surface area contributed by atoms with Gasteiger partial charge < -0.3 is 19.5 Å². The quantitative estimate of drug-likeness (QED) is 0.731. The van der Waals surface area contributed by atoms with E-state index in [2.05, 4.69) is 10.3 Å². The molecule has 0 fully saturated rings. The number of carbonyl (C=O) groups is 3. The summed E-state index contributed by atoms with van der Waals surface area (Å²) in [6.07, 6.45) is -0.644. The third kappa shape index (κ3) is 8.06. The summed E-state index contributed by atoms with van der Waals surface area (Å²) in [5.74, 6) is -1.27. The fraction of sp³-hybridized carbons (Fsp3) is 0.556. The molecule has 0 bridgehead atoms. The maximum Gasteiger partial charge on any atom is 0.308 e. The summed E-state index contributed by atoms with van der Waals surface area (Å²) in [7, 11) is 0. The Morgan fingerprint density at radius 3 is 2.23 bits per heavy atom. The Hall–Kier alpha value is -2.48. The first kappa shape index (κ1) is 21.6. The van der Waals surface area contributed by atoms with Crippen LogP contribution in [0.2, 0.25) is 0 Å². The van der Waals surface area contributed by atoms with Crippen molar-refractivity contribution < 1.29 is 28.6 Å². The van der Waals surface area contributed by atoms with E-state index in [9.17, 15) is 14.4 Å². The Morgan fingerprint density at radius 1 is 1.08 bits per heavy atom. The van der Waals surface area contributed by atoms with E-state index in [1.165, 1.54) is 26.8 Å². The van der Waals surface area contributed by atoms with Crippen LogP contribution in [0.5, 0.6) is 5.75 Å². The second kappa shape index (κ2) is 9.28. The predicted molar refractivity (Wildman–Crippen MR) is 93.3 cm³/mol. The fourth-order valence-electron chi connectivity index (χ4n) is 2.01. The Bertz CT molecular complexity index is 666. The summed E-state index contributed by atoms with van der Waals surface area (Å²) >= 11 is 0. The van der Waals surface area contributed by atoms with Crippen LogP contribution >= 0.6 is 0 Å². The molecule has 0 saturated heterocycles. The van der Waals surface area contributed by atoms with Crippen molar-refractivity contribution in [2.75, 3.05) is 6.54 Å². The van der Waals surface area contributed by atoms with E-state index in [0.29, 0.717) is 12.2 Å². The van der Waals surface area contributed by atoms with Gasteiger partial charge in [0.1, 0.15) is 12.3 Å². The Labute approximate surface area is 153 Å². The van der Waals surface area contributed by atoms with Crippen LogP contribution in [0.15, 0.2) is 12.1 Å². The Balaban J connectivity index is 3.15. The molecule has 1 aromatic rings. The summed E-state index contributed by atoms with van der Waals surface area (Å²) in [5.41, 5.74) is 0.534. The molecular formula is C18H26N2O6. The van der Waals surface area contributed by atoms with Gasteiger partial charge in [0.2, 0.25) is 0 Å². The highest BCUT2D eigenvalue weighted by molar-refractivity contribution is 5.70. The lowest BCUT2D eigenvalue weighted by Gasteiger charge is -2.25. The molecule has 0 aliphatic heterocycles. The van der Waals surface area contributed by atoms with Crippen LogP contribution in [-0.2, 0) is 30.5 Å². The van der Waals surface area contributed by atoms with Gasteiger partial charge in [-0.05, 0) is 32.9 Å². The lowest BCUT2D eigenvalue weighted by atomic mass is 10.1. The van der Waals surface area contributed by atoms with Gasteiger partial charge in [-0.1, -0.05) is 0 Å². The molecule has 0 amide bonds. The standard InChI is InChI=1S/C18H26N2O6/c1-11(21)24-10-15-16(25-12(2)22)8-7-14(20-15)17(26-13(3)23)9-19-18(4,5)6/h7-8,17,19H,9-10H2,1-6H3. The molecule has 0 aliphatic rings. The molecule has 1 atom stereocenters. The van der Waals surface area contributed by atoms with Crippen LogP contribution in [0, 0.1) is 0 Å². The summed E-state index contributed by atoms with van der Waals surface area (Å²) < 4.78 is 15.4. The zero-order valence-corrected chi connectivity index (χ0v) is 16.0. The summed E-state index contributed by atoms with van der Waals surface area (Å²) in [5, 5.41) is 3.25. The van der Waals surface area contributed by atoms with Crippen molar-refractivity contribution in [2.24, 2.45) is 0 Å². The topological polar surface area (TPSA) is 104 Å². The molecule has 1 aromatic heterocycles. The average molecular weight is 366 g/mol. The lowest BCUT2D eigenvalue weighted by molar-refractivity contribution is -0.147. The molecule has 144 valence electrons. The van der Waals surface area contributed by atoms with Crippen molar-refractivity contribution in [3.8, 4) is 5.75 Å². The molecule has 1 N–H and O–H groups in total. The number of esters is 3. The Kier molecular flexibility index (Phi) is 7.70. The summed E-state index contributed by atoms with van der Waals surface area (Å²) in [6.45, 7) is 9.99. The minimum Gasteiger partial charge on any atom is -0.459 e. The van der Waals surface area contributed by atoms with Gasteiger partial charge in [0.15, 0.2) is 11.9 Å². The third-order valence-electron chi connectivity index (χ3n) is 3.08. The molecule has 0 aromatic carbocycles. The van der Waals surface area contributed by atoms with E-state index in [1.54, 1.807) is 6.07 Å². The van der Waals surface area contributed by atoms with E-state index in [-0.39, 0.29) is 23.6 Å². The van der Waals surface area contributed by atoms with Crippen molar-refractivity contribution in [2.45, 2.75) is 59.8 Å². The minimum absolute atomic E-state index is 0.161. The minimum atomic E-state index is -0.644. The van der Waals surface area contributed by atoms with E-state index >= 15 is 0 Å². The number of ether oxygens (including phenoxy) is 3. The van der Waals surface area contributed by atoms with Gasteiger partial charge in [0, 0.05) is 32.9 Å². The van der Waals surface area contributed by atoms with E-state index in [1.807, 2.05) is 20.8 Å². The van der Waals surface area contributed by atoms with Gasteiger partial charge in [0.05, 0.1) is 5.69 Å². The first-order chi connectivity index (χ1) is 12.0. The zero-order valence-electron chi connectivity index (χ0n) is 16.0. The highest BCUT2D eigenvalue weighted by Crippen LogP contribution is 2.23. The number of hydrogen-bond acceptors (Lipinski definition) is 8. The normalized spacial score (nSPS) is 12.2. The van der Waals surface area contributed by atoms with Crippen LogP contribution in [0.25, 0.3) is 0 Å². The van der Waals surface area contributed by atoms with Gasteiger partial charge in [0.25, 0.3) is 0 Å². The maximum absolute atomic E-state index is 11.4. The molecule has 1 rings (SSSR count). The highest BCUT2D eigenvalue weighted by Gasteiger charge is 2.22. The van der Waals surface area contributed by atoms with E-state index in [0.717, 1.165) is 0 Å². The number of nitrogens with zero attached hydrogens (tertiary/aromatic N) is 1. The number of aromatic nitrogens is 1. The number of hydrogen-bond donors (Lipinski definition) is 1. The molecule has 26 heavy (non-hydrogen) atoms. The zero-order chi connectivity index (χ0) is 19.9. The molecule has 0 radical (unpaired) electrons. The average Bonchev–Trinajstić information content (AvgIpc) is 2.48. The first-order valence-corrected chi connectivity index (χ1v) is 8.22. The third-order valence-corrected chi connectivity index (χ3v) is 3.08. The van der Waals surface area contributed by atoms with Gasteiger partial charge >= 0.3 is 17.9 Å². The SMILES string of the molecule is CC(=O)OCc1nc(C(CNC(C)(C)C)OC(C)=O)ccc1OC(C)=O. The van der Waals surface area contributed by atoms with Gasteiger partial charge in [-0.3, -0.25) is 14.4 Å². The summed E-state index contributed by atoms with van der Waals surface area (Å²) in [6, 6.07) is 3.14. The number of nitrogens with one attached hydrogen (secondary N) is 1. The molecule has 8 nitrogen and oxygen atoms in total. The Morgan fingerprint density at radius 2 is 1.73 bits per heavy atom. The fourth-order valence-corrected chi connectivity index (χ4v) is 2.01. The van der Waals surface area contributed by atoms with Gasteiger partial charge in [-0.25, -0.2) is 4.98 Å². The van der Waals surface area contributed by atoms with Crippen LogP contribution in [0.1, 0.15) is 59.0 Å². The van der Waals surface area contributed by atoms with Crippen LogP contribution in [-0.4, -0.2) is 35.0 Å². The maximum atomic E-state index is 11.4. The van der Waals surface area contributed by atoms with Crippen molar-refractivity contribution in [1.29, 1.82) is 0 Å². The smallest absolute Gasteiger partial charge is 0.308 e. The number of carbonyl (C=O) groups excluding carboxylic acids is 3. The second-order valence-corrected chi connectivity index (χ2v) is 6.78. The molecule has 1 heterocycles. The van der Waals surface area contributed by atoms with Crippen LogP contribution in [0.3, 0.4) is 0 Å². The van der Waals surface area contributed by atoms with E-state index in [4.69, 9.17) is 14.2 Å². The number of pyridine rings is 1. The molecule has 0 spiro atoms. The first-order valence-electron chi connectivity index (χ1n) is 8.22. The monoisotopic (exact) mass is 366 g/mol. The van der Waals surface area contributed by atoms with Gasteiger partial charge in [-0.15, -0.1) is 0 Å². The van der Waals surface area contributed by atoms with Crippen molar-refractivity contribution in [1.82, 2.24) is 10.3 Å². The predicted octanol–water partition coefficient (Wildman–Crippen LogP) is 2.06. The molecule has 0 aliphatic carbocycles. The lowest BCUT2D eigenvalue weighted by Crippen LogP contribution is -2.39.